The number of allylic oxidation sites excluding steroid dienone is 4. The first-order valence-electron chi connectivity index (χ1n) is 4.64. The maximum Gasteiger partial charge on any atom is -0.0197 e. The van der Waals surface area contributed by atoms with E-state index in [1.54, 1.807) is 5.57 Å². The molecule has 11 heavy (non-hydrogen) atoms. The Morgan fingerprint density at radius 2 is 2.45 bits per heavy atom. The zero-order chi connectivity index (χ0) is 8.10. The zero-order valence-corrected chi connectivity index (χ0v) is 7.64. The van der Waals surface area contributed by atoms with E-state index in [1.807, 2.05) is 0 Å². The maximum atomic E-state index is 2.42. The summed E-state index contributed by atoms with van der Waals surface area (Å²) >= 11 is 0. The fourth-order valence-electron chi connectivity index (χ4n) is 1.63. The molecule has 62 valence electrons. The first-order valence-corrected chi connectivity index (χ1v) is 4.64. The lowest BCUT2D eigenvalue weighted by Crippen LogP contribution is -1.94. The first-order chi connectivity index (χ1) is 5.34. The Morgan fingerprint density at radius 3 is 3.00 bits per heavy atom. The summed E-state index contributed by atoms with van der Waals surface area (Å²) in [7, 11) is 0. The largest absolute Gasteiger partial charge is 0.0916 e. The van der Waals surface area contributed by atoms with Gasteiger partial charge in [0.2, 0.25) is 0 Å². The molecule has 0 N–H and O–H groups in total. The zero-order valence-electron chi connectivity index (χ0n) is 7.64. The number of hydrogen-bond acceptors (Lipinski definition) is 0. The van der Waals surface area contributed by atoms with Gasteiger partial charge in [0, 0.05) is 0 Å². The molecular weight excluding hydrogens is 132 g/mol. The van der Waals surface area contributed by atoms with Crippen LogP contribution in [-0.2, 0) is 0 Å². The molecule has 0 heterocycles. The molecule has 1 unspecified atom stereocenters. The van der Waals surface area contributed by atoms with Crippen molar-refractivity contribution in [2.45, 2.75) is 39.5 Å². The lowest BCUT2D eigenvalue weighted by Gasteiger charge is -2.09. The van der Waals surface area contributed by atoms with Crippen molar-refractivity contribution in [1.29, 1.82) is 0 Å². The van der Waals surface area contributed by atoms with E-state index in [4.69, 9.17) is 0 Å². The van der Waals surface area contributed by atoms with Crippen LogP contribution in [0.25, 0.3) is 0 Å². The normalized spacial score (nSPS) is 20.7. The monoisotopic (exact) mass is 150 g/mol. The van der Waals surface area contributed by atoms with Gasteiger partial charge in [-0.05, 0) is 38.5 Å². The molecule has 0 saturated heterocycles. The molecule has 0 saturated carbocycles. The predicted octanol–water partition coefficient (Wildman–Crippen LogP) is 3.70. The van der Waals surface area contributed by atoms with Crippen LogP contribution in [0.5, 0.6) is 0 Å². The second-order valence-electron chi connectivity index (χ2n) is 3.38. The summed E-state index contributed by atoms with van der Waals surface area (Å²) in [4.78, 5) is 0. The van der Waals surface area contributed by atoms with E-state index in [9.17, 15) is 0 Å². The van der Waals surface area contributed by atoms with Crippen molar-refractivity contribution in [2.24, 2.45) is 5.92 Å². The van der Waals surface area contributed by atoms with Crippen LogP contribution in [0, 0.1) is 5.92 Å². The molecule has 0 fully saturated rings. The first kappa shape index (κ1) is 8.58. The lowest BCUT2D eigenvalue weighted by molar-refractivity contribution is 0.666. The van der Waals surface area contributed by atoms with Crippen molar-refractivity contribution in [3.05, 3.63) is 23.8 Å². The molecule has 0 aromatic carbocycles. The predicted molar refractivity (Wildman–Crippen MR) is 50.5 cm³/mol. The van der Waals surface area contributed by atoms with Gasteiger partial charge in [0.25, 0.3) is 0 Å². The molecule has 1 aliphatic carbocycles. The van der Waals surface area contributed by atoms with Crippen molar-refractivity contribution in [3.63, 3.8) is 0 Å². The van der Waals surface area contributed by atoms with Crippen molar-refractivity contribution in [2.75, 3.05) is 0 Å². The van der Waals surface area contributed by atoms with Crippen molar-refractivity contribution < 1.29 is 0 Å². The highest BCUT2D eigenvalue weighted by Gasteiger charge is 2.10. The van der Waals surface area contributed by atoms with E-state index in [0.717, 1.165) is 5.92 Å². The molecule has 1 atom stereocenters. The average molecular weight is 150 g/mol. The number of hydrogen-bond donors (Lipinski definition) is 0. The standard InChI is InChI=1S/C11H18/c1-3-4-7-10(2)11-8-5-6-9-11/h3-4,8,10H,5-7,9H2,1-2H3/b4-3+. The van der Waals surface area contributed by atoms with Gasteiger partial charge in [0.15, 0.2) is 0 Å². The van der Waals surface area contributed by atoms with Crippen LogP contribution in [-0.4, -0.2) is 0 Å². The van der Waals surface area contributed by atoms with Crippen LogP contribution in [0.4, 0.5) is 0 Å². The minimum absolute atomic E-state index is 0.786. The molecule has 1 aliphatic rings. The minimum atomic E-state index is 0.786. The van der Waals surface area contributed by atoms with Crippen LogP contribution in [0.2, 0.25) is 0 Å². The summed E-state index contributed by atoms with van der Waals surface area (Å²) in [6, 6.07) is 0. The van der Waals surface area contributed by atoms with Gasteiger partial charge in [-0.1, -0.05) is 30.7 Å². The maximum absolute atomic E-state index is 2.42. The van der Waals surface area contributed by atoms with Crippen molar-refractivity contribution >= 4 is 0 Å². The fourth-order valence-corrected chi connectivity index (χ4v) is 1.63. The van der Waals surface area contributed by atoms with Gasteiger partial charge in [-0.3, -0.25) is 0 Å². The Balaban J connectivity index is 2.34. The van der Waals surface area contributed by atoms with E-state index in [1.165, 1.54) is 25.7 Å². The lowest BCUT2D eigenvalue weighted by atomic mass is 9.97. The molecule has 1 rings (SSSR count). The van der Waals surface area contributed by atoms with Gasteiger partial charge in [-0.2, -0.15) is 0 Å². The molecule has 0 aliphatic heterocycles. The number of rotatable bonds is 3. The van der Waals surface area contributed by atoms with Crippen LogP contribution in [0.1, 0.15) is 39.5 Å². The Labute approximate surface area is 70.0 Å². The van der Waals surface area contributed by atoms with Crippen molar-refractivity contribution in [3.8, 4) is 0 Å². The summed E-state index contributed by atoms with van der Waals surface area (Å²) in [5.41, 5.74) is 1.68. The Morgan fingerprint density at radius 1 is 1.64 bits per heavy atom. The summed E-state index contributed by atoms with van der Waals surface area (Å²) in [6.07, 6.45) is 12.1. The smallest absolute Gasteiger partial charge is 0.0197 e. The molecule has 0 heteroatoms. The molecule has 0 bridgehead atoms. The Kier molecular flexibility index (Phi) is 3.41. The summed E-state index contributed by atoms with van der Waals surface area (Å²) in [6.45, 7) is 4.42. The van der Waals surface area contributed by atoms with Gasteiger partial charge in [0.1, 0.15) is 0 Å². The van der Waals surface area contributed by atoms with E-state index in [-0.39, 0.29) is 0 Å². The quantitative estimate of drug-likeness (QED) is 0.538. The fraction of sp³-hybridized carbons (Fsp3) is 0.636. The van der Waals surface area contributed by atoms with E-state index >= 15 is 0 Å². The van der Waals surface area contributed by atoms with Crippen LogP contribution >= 0.6 is 0 Å². The van der Waals surface area contributed by atoms with Crippen LogP contribution < -0.4 is 0 Å². The minimum Gasteiger partial charge on any atom is -0.0916 e. The summed E-state index contributed by atoms with van der Waals surface area (Å²) < 4.78 is 0. The highest BCUT2D eigenvalue weighted by molar-refractivity contribution is 5.11. The summed E-state index contributed by atoms with van der Waals surface area (Å²) in [5, 5.41) is 0. The van der Waals surface area contributed by atoms with Crippen LogP contribution in [0.15, 0.2) is 23.8 Å². The van der Waals surface area contributed by atoms with Gasteiger partial charge in [-0.25, -0.2) is 0 Å². The molecular formula is C11H18. The Bertz CT molecular complexity index is 163. The van der Waals surface area contributed by atoms with Gasteiger partial charge in [-0.15, -0.1) is 0 Å². The SMILES string of the molecule is C/C=C/CC(C)C1=CCCC1. The molecule has 0 spiro atoms. The third-order valence-electron chi connectivity index (χ3n) is 2.43. The van der Waals surface area contributed by atoms with Crippen LogP contribution in [0.3, 0.4) is 0 Å². The van der Waals surface area contributed by atoms with Gasteiger partial charge < -0.3 is 0 Å². The van der Waals surface area contributed by atoms with E-state index in [0.29, 0.717) is 0 Å². The molecule has 0 radical (unpaired) electrons. The molecule has 0 aromatic heterocycles. The Hall–Kier alpha value is -0.520. The average Bonchev–Trinajstić information content (AvgIpc) is 2.52. The molecule has 0 aromatic rings. The van der Waals surface area contributed by atoms with E-state index < -0.39 is 0 Å². The second kappa shape index (κ2) is 4.38. The second-order valence-corrected chi connectivity index (χ2v) is 3.38. The summed E-state index contributed by atoms with van der Waals surface area (Å²) in [5.74, 6) is 0.786. The van der Waals surface area contributed by atoms with E-state index in [2.05, 4.69) is 32.1 Å². The topological polar surface area (TPSA) is 0 Å². The molecule has 0 nitrogen and oxygen atoms in total. The van der Waals surface area contributed by atoms with Gasteiger partial charge in [0.05, 0.1) is 0 Å². The molecule has 0 amide bonds. The third kappa shape index (κ3) is 2.53. The third-order valence-corrected chi connectivity index (χ3v) is 2.43. The highest BCUT2D eigenvalue weighted by atomic mass is 14.2. The highest BCUT2D eigenvalue weighted by Crippen LogP contribution is 2.26. The van der Waals surface area contributed by atoms with Crippen molar-refractivity contribution in [1.82, 2.24) is 0 Å². The van der Waals surface area contributed by atoms with Gasteiger partial charge >= 0.3 is 0 Å².